The molecule has 1 amide bonds. The number of nitrogens with one attached hydrogen (secondary N) is 1. The number of anilines is 1. The number of benzene rings is 3. The number of aromatic nitrogens is 2. The van der Waals surface area contributed by atoms with Gasteiger partial charge in [0.15, 0.2) is 11.5 Å². The lowest BCUT2D eigenvalue weighted by Gasteiger charge is -2.41. The molecule has 6 rings (SSSR count). The fraction of sp³-hybridized carbons (Fsp3) is 0.333. The predicted octanol–water partition coefficient (Wildman–Crippen LogP) is 3.26. The second kappa shape index (κ2) is 11.7. The molecule has 3 aromatic carbocycles. The van der Waals surface area contributed by atoms with Gasteiger partial charge in [-0.15, -0.1) is 0 Å². The molecule has 0 saturated carbocycles. The summed E-state index contributed by atoms with van der Waals surface area (Å²) in [4.78, 5) is 49.3. The van der Waals surface area contributed by atoms with Crippen molar-refractivity contribution >= 4 is 40.3 Å². The number of esters is 1. The summed E-state index contributed by atoms with van der Waals surface area (Å²) in [6, 6.07) is 17.6. The van der Waals surface area contributed by atoms with Gasteiger partial charge in [0.25, 0.3) is 11.5 Å². The van der Waals surface area contributed by atoms with E-state index in [-0.39, 0.29) is 17.5 Å². The second-order valence-corrected chi connectivity index (χ2v) is 12.0. The Hall–Kier alpha value is -4.61. The number of fused-ring (bicyclic) bond motifs is 2. The summed E-state index contributed by atoms with van der Waals surface area (Å²) in [7, 11) is 3.01. The minimum atomic E-state index is -2.19. The monoisotopic (exact) mass is 632 g/mol. The molecule has 2 heterocycles. The average Bonchev–Trinajstić information content (AvgIpc) is 3.32. The Bertz CT molecular complexity index is 1840. The minimum absolute atomic E-state index is 0.0884. The molecule has 2 atom stereocenters. The molecule has 234 valence electrons. The molecule has 1 aromatic heterocycles. The molecule has 2 aliphatic rings. The van der Waals surface area contributed by atoms with Crippen LogP contribution in [0.5, 0.6) is 11.5 Å². The zero-order valence-electron chi connectivity index (χ0n) is 24.8. The van der Waals surface area contributed by atoms with Crippen LogP contribution < -0.4 is 25.7 Å². The third kappa shape index (κ3) is 5.36. The van der Waals surface area contributed by atoms with Crippen LogP contribution in [0.4, 0.5) is 5.95 Å². The number of amides is 1. The third-order valence-corrected chi connectivity index (χ3v) is 9.25. The number of piperidine rings is 1. The van der Waals surface area contributed by atoms with Gasteiger partial charge in [0.05, 0.1) is 30.5 Å². The first kappa shape index (κ1) is 30.4. The van der Waals surface area contributed by atoms with E-state index in [4.69, 9.17) is 36.5 Å². The molecular formula is C33H33ClN4O7. The summed E-state index contributed by atoms with van der Waals surface area (Å²) >= 11 is 6.17. The lowest BCUT2D eigenvalue weighted by molar-refractivity contribution is -0.180. The van der Waals surface area contributed by atoms with Crippen LogP contribution in [0.1, 0.15) is 29.5 Å². The zero-order valence-corrected chi connectivity index (χ0v) is 25.6. The summed E-state index contributed by atoms with van der Waals surface area (Å²) in [5, 5.41) is 12.3. The molecule has 12 heteroatoms. The Kier molecular flexibility index (Phi) is 7.92. The van der Waals surface area contributed by atoms with Crippen LogP contribution in [-0.4, -0.2) is 60.4 Å². The highest BCUT2D eigenvalue weighted by atomic mass is 35.5. The number of rotatable bonds is 8. The molecule has 1 aliphatic heterocycles. The standard InChI is InChI=1S/C33H33ClN4O7/c1-43-25-16-22-24(17-26(25)44-2)36-31(37-28(22)39)38-12-10-32(11-13-38,18-19-6-4-3-5-7-19)30(41)45-27-15-20-14-21(34)8-9-23(20)33(27,42)29(35)40/h3-9,14,16-17,27,42H,10-13,15,18H2,1-2H3,(H2,35,40)(H,36,37,39). The maximum absolute atomic E-state index is 14.2. The molecule has 1 saturated heterocycles. The van der Waals surface area contributed by atoms with E-state index in [1.54, 1.807) is 24.3 Å². The van der Waals surface area contributed by atoms with Gasteiger partial charge in [0, 0.05) is 36.2 Å². The van der Waals surface area contributed by atoms with Crippen LogP contribution >= 0.6 is 11.6 Å². The zero-order chi connectivity index (χ0) is 31.9. The minimum Gasteiger partial charge on any atom is -0.493 e. The van der Waals surface area contributed by atoms with Crippen LogP contribution in [0.25, 0.3) is 10.9 Å². The fourth-order valence-electron chi connectivity index (χ4n) is 6.49. The normalized spacial score (nSPS) is 20.4. The van der Waals surface area contributed by atoms with Gasteiger partial charge in [-0.2, -0.15) is 0 Å². The first-order valence-electron chi connectivity index (χ1n) is 14.5. The Balaban J connectivity index is 1.29. The predicted molar refractivity (Wildman–Crippen MR) is 168 cm³/mol. The van der Waals surface area contributed by atoms with E-state index >= 15 is 0 Å². The van der Waals surface area contributed by atoms with Crippen molar-refractivity contribution < 1.29 is 28.9 Å². The highest BCUT2D eigenvalue weighted by molar-refractivity contribution is 6.30. The van der Waals surface area contributed by atoms with Crippen molar-refractivity contribution in [2.24, 2.45) is 11.1 Å². The Morgan fingerprint density at radius 3 is 2.42 bits per heavy atom. The Morgan fingerprint density at radius 2 is 1.76 bits per heavy atom. The third-order valence-electron chi connectivity index (χ3n) is 9.01. The lowest BCUT2D eigenvalue weighted by Crippen LogP contribution is -2.53. The number of carbonyl (C=O) groups is 2. The maximum atomic E-state index is 14.2. The fourth-order valence-corrected chi connectivity index (χ4v) is 6.68. The summed E-state index contributed by atoms with van der Waals surface area (Å²) in [6.07, 6.45) is -0.0404. The van der Waals surface area contributed by atoms with Crippen LogP contribution in [-0.2, 0) is 32.8 Å². The highest BCUT2D eigenvalue weighted by Gasteiger charge is 2.55. The van der Waals surface area contributed by atoms with Crippen molar-refractivity contribution in [3.05, 3.63) is 92.7 Å². The molecule has 4 aromatic rings. The van der Waals surface area contributed by atoms with E-state index in [9.17, 15) is 19.5 Å². The van der Waals surface area contributed by atoms with Crippen molar-refractivity contribution in [1.29, 1.82) is 0 Å². The molecule has 0 radical (unpaired) electrons. The molecule has 0 bridgehead atoms. The van der Waals surface area contributed by atoms with E-state index in [2.05, 4.69) is 4.98 Å². The van der Waals surface area contributed by atoms with Crippen molar-refractivity contribution in [2.45, 2.75) is 37.4 Å². The number of carbonyl (C=O) groups excluding carboxylic acids is 2. The number of primary amides is 1. The largest absolute Gasteiger partial charge is 0.493 e. The van der Waals surface area contributed by atoms with Gasteiger partial charge in [0.1, 0.15) is 6.10 Å². The molecule has 45 heavy (non-hydrogen) atoms. The summed E-state index contributed by atoms with van der Waals surface area (Å²) < 4.78 is 16.8. The van der Waals surface area contributed by atoms with Gasteiger partial charge in [-0.05, 0) is 48.6 Å². The van der Waals surface area contributed by atoms with Crippen molar-refractivity contribution in [3.8, 4) is 11.5 Å². The Labute approximate surface area is 263 Å². The number of H-pyrrole nitrogens is 1. The number of hydrogen-bond donors (Lipinski definition) is 3. The van der Waals surface area contributed by atoms with Gasteiger partial charge in [0.2, 0.25) is 11.5 Å². The first-order valence-corrected chi connectivity index (χ1v) is 14.9. The molecule has 0 spiro atoms. The molecule has 11 nitrogen and oxygen atoms in total. The highest BCUT2D eigenvalue weighted by Crippen LogP contribution is 2.43. The van der Waals surface area contributed by atoms with Gasteiger partial charge in [-0.3, -0.25) is 19.4 Å². The van der Waals surface area contributed by atoms with Gasteiger partial charge < -0.3 is 30.0 Å². The van der Waals surface area contributed by atoms with Crippen LogP contribution in [0, 0.1) is 5.41 Å². The second-order valence-electron chi connectivity index (χ2n) is 11.6. The number of nitrogens with zero attached hydrogens (tertiary/aromatic N) is 2. The number of nitrogens with two attached hydrogens (primary N) is 1. The molecule has 2 unspecified atom stereocenters. The van der Waals surface area contributed by atoms with Crippen LogP contribution in [0.3, 0.4) is 0 Å². The summed E-state index contributed by atoms with van der Waals surface area (Å²) in [5.41, 5.74) is 4.43. The lowest BCUT2D eigenvalue weighted by atomic mass is 9.73. The topological polar surface area (TPSA) is 157 Å². The average molecular weight is 633 g/mol. The van der Waals surface area contributed by atoms with E-state index < -0.39 is 29.0 Å². The SMILES string of the molecule is COc1cc2nc(N3CCC(Cc4ccccc4)(C(=O)OC4Cc5cc(Cl)ccc5C4(O)C(N)=O)CC3)[nH]c(=O)c2cc1OC. The number of aliphatic hydroxyl groups is 1. The van der Waals surface area contributed by atoms with Crippen molar-refractivity contribution in [2.75, 3.05) is 32.2 Å². The number of aromatic amines is 1. The smallest absolute Gasteiger partial charge is 0.312 e. The van der Waals surface area contributed by atoms with Crippen LogP contribution in [0.2, 0.25) is 5.02 Å². The van der Waals surface area contributed by atoms with Gasteiger partial charge >= 0.3 is 5.97 Å². The number of ether oxygens (including phenoxy) is 3. The van der Waals surface area contributed by atoms with Crippen molar-refractivity contribution in [3.63, 3.8) is 0 Å². The molecule has 4 N–H and O–H groups in total. The first-order chi connectivity index (χ1) is 21.6. The van der Waals surface area contributed by atoms with Gasteiger partial charge in [-0.25, -0.2) is 4.98 Å². The maximum Gasteiger partial charge on any atom is 0.312 e. The molecule has 1 fully saturated rings. The summed E-state index contributed by atoms with van der Waals surface area (Å²) in [6.45, 7) is 0.758. The van der Waals surface area contributed by atoms with E-state index in [1.807, 2.05) is 35.2 Å². The van der Waals surface area contributed by atoms with E-state index in [0.717, 1.165) is 5.56 Å². The summed E-state index contributed by atoms with van der Waals surface area (Å²) in [5.74, 6) is -0.304. The quantitative estimate of drug-likeness (QED) is 0.248. The molecular weight excluding hydrogens is 600 g/mol. The van der Waals surface area contributed by atoms with E-state index in [1.165, 1.54) is 20.3 Å². The number of halogens is 1. The van der Waals surface area contributed by atoms with Crippen molar-refractivity contribution in [1.82, 2.24) is 9.97 Å². The van der Waals surface area contributed by atoms with Crippen LogP contribution in [0.15, 0.2) is 65.5 Å². The molecule has 1 aliphatic carbocycles. The van der Waals surface area contributed by atoms with E-state index in [0.29, 0.717) is 71.3 Å². The Morgan fingerprint density at radius 1 is 1.07 bits per heavy atom. The number of methoxy groups -OCH3 is 2. The van der Waals surface area contributed by atoms with Gasteiger partial charge in [-0.1, -0.05) is 48.0 Å². The number of hydrogen-bond acceptors (Lipinski definition) is 9.